The summed E-state index contributed by atoms with van der Waals surface area (Å²) in [7, 11) is 1.93. The Kier molecular flexibility index (Phi) is 5.01. The molecule has 31 heavy (non-hydrogen) atoms. The van der Waals surface area contributed by atoms with Gasteiger partial charge in [-0.2, -0.15) is 0 Å². The smallest absolute Gasteiger partial charge is 0.255 e. The second kappa shape index (κ2) is 7.71. The van der Waals surface area contributed by atoms with Gasteiger partial charge in [-0.3, -0.25) is 24.5 Å². The van der Waals surface area contributed by atoms with Crippen LogP contribution in [0.4, 0.5) is 0 Å². The molecule has 2 amide bonds. The number of piperidine rings is 1. The average molecular weight is 420 g/mol. The highest BCUT2D eigenvalue weighted by Crippen LogP contribution is 2.57. The van der Waals surface area contributed by atoms with Crippen LogP contribution < -0.4 is 0 Å². The van der Waals surface area contributed by atoms with Crippen molar-refractivity contribution in [3.63, 3.8) is 0 Å². The first kappa shape index (κ1) is 20.1. The average Bonchev–Trinajstić information content (AvgIpc) is 3.26. The molecule has 162 valence electrons. The molecular weight excluding hydrogens is 390 g/mol. The van der Waals surface area contributed by atoms with Crippen molar-refractivity contribution >= 4 is 11.8 Å². The largest absolute Gasteiger partial charge is 0.345 e. The molecule has 1 atom stereocenters. The van der Waals surface area contributed by atoms with Crippen LogP contribution in [-0.4, -0.2) is 76.3 Å². The Morgan fingerprint density at radius 1 is 1.00 bits per heavy atom. The van der Waals surface area contributed by atoms with Crippen molar-refractivity contribution in [2.24, 2.45) is 10.8 Å². The van der Waals surface area contributed by atoms with Gasteiger partial charge in [-0.1, -0.05) is 6.07 Å². The fourth-order valence-electron chi connectivity index (χ4n) is 6.06. The highest BCUT2D eigenvalue weighted by atomic mass is 16.2. The van der Waals surface area contributed by atoms with Crippen LogP contribution in [0.2, 0.25) is 0 Å². The molecule has 3 aliphatic rings. The first-order valence-corrected chi connectivity index (χ1v) is 11.1. The third-order valence-electron chi connectivity index (χ3n) is 7.71. The third kappa shape index (κ3) is 3.31. The quantitative estimate of drug-likeness (QED) is 0.762. The molecule has 5 rings (SSSR count). The zero-order chi connectivity index (χ0) is 21.5. The fraction of sp³-hybridized carbons (Fsp3) is 0.500. The number of aromatic nitrogens is 2. The molecule has 3 saturated heterocycles. The second-order valence-corrected chi connectivity index (χ2v) is 9.38. The maximum atomic E-state index is 13.4. The van der Waals surface area contributed by atoms with Crippen LogP contribution in [0.5, 0.6) is 0 Å². The van der Waals surface area contributed by atoms with E-state index in [1.165, 1.54) is 5.56 Å². The summed E-state index contributed by atoms with van der Waals surface area (Å²) >= 11 is 0. The Morgan fingerprint density at radius 2 is 1.74 bits per heavy atom. The van der Waals surface area contributed by atoms with Crippen LogP contribution in [0.15, 0.2) is 49.1 Å². The zero-order valence-electron chi connectivity index (χ0n) is 18.0. The summed E-state index contributed by atoms with van der Waals surface area (Å²) < 4.78 is 0. The maximum absolute atomic E-state index is 13.4. The zero-order valence-corrected chi connectivity index (χ0v) is 18.0. The van der Waals surface area contributed by atoms with Gasteiger partial charge in [-0.25, -0.2) is 0 Å². The number of carbonyl (C=O) groups excluding carboxylic acids is 2. The highest BCUT2D eigenvalue weighted by Gasteiger charge is 2.64. The van der Waals surface area contributed by atoms with Crippen LogP contribution in [0.1, 0.15) is 35.2 Å². The Morgan fingerprint density at radius 3 is 2.35 bits per heavy atom. The highest BCUT2D eigenvalue weighted by molar-refractivity contribution is 5.94. The number of amides is 2. The van der Waals surface area contributed by atoms with Gasteiger partial charge in [-0.15, -0.1) is 0 Å². The summed E-state index contributed by atoms with van der Waals surface area (Å²) in [5.41, 5.74) is 1.39. The normalized spacial score (nSPS) is 25.6. The second-order valence-electron chi connectivity index (χ2n) is 9.38. The summed E-state index contributed by atoms with van der Waals surface area (Å²) in [5.74, 6) is 0.324. The number of fused-ring (bicyclic) bond motifs is 1. The van der Waals surface area contributed by atoms with Gasteiger partial charge < -0.3 is 9.80 Å². The summed E-state index contributed by atoms with van der Waals surface area (Å²) in [6.45, 7) is 4.70. The van der Waals surface area contributed by atoms with E-state index in [1.54, 1.807) is 24.7 Å². The maximum Gasteiger partial charge on any atom is 0.255 e. The predicted molar refractivity (Wildman–Crippen MR) is 116 cm³/mol. The van der Waals surface area contributed by atoms with Gasteiger partial charge in [0.05, 0.1) is 11.0 Å². The number of pyridine rings is 2. The lowest BCUT2D eigenvalue weighted by atomic mass is 9.60. The lowest BCUT2D eigenvalue weighted by molar-refractivity contribution is -0.141. The van der Waals surface area contributed by atoms with Gasteiger partial charge in [0.15, 0.2) is 0 Å². The van der Waals surface area contributed by atoms with Crippen molar-refractivity contribution in [3.8, 4) is 0 Å². The number of nitrogens with zero attached hydrogens (tertiary/aromatic N) is 5. The van der Waals surface area contributed by atoms with Gasteiger partial charge in [-0.05, 0) is 43.0 Å². The molecule has 2 aromatic heterocycles. The van der Waals surface area contributed by atoms with E-state index in [-0.39, 0.29) is 22.6 Å². The van der Waals surface area contributed by atoms with Crippen molar-refractivity contribution in [3.05, 3.63) is 60.2 Å². The molecule has 2 spiro atoms. The summed E-state index contributed by atoms with van der Waals surface area (Å²) in [6.07, 6.45) is 9.65. The number of hydrogen-bond donors (Lipinski definition) is 0. The van der Waals surface area contributed by atoms with E-state index in [0.29, 0.717) is 18.7 Å². The SMILES string of the molecule is CN1CCC2(CN(Cc3cccnc3)CC23CCN(C(=O)c2cccnc2)CC3)C1=O. The van der Waals surface area contributed by atoms with Crippen molar-refractivity contribution in [2.75, 3.05) is 39.8 Å². The molecule has 3 aliphatic heterocycles. The molecule has 0 bridgehead atoms. The minimum Gasteiger partial charge on any atom is -0.345 e. The van der Waals surface area contributed by atoms with E-state index >= 15 is 0 Å². The molecular formula is C24H29N5O2. The Labute approximate surface area is 183 Å². The van der Waals surface area contributed by atoms with Crippen molar-refractivity contribution < 1.29 is 9.59 Å². The summed E-state index contributed by atoms with van der Waals surface area (Å²) in [4.78, 5) is 41.0. The van der Waals surface area contributed by atoms with Gasteiger partial charge in [0.2, 0.25) is 5.91 Å². The van der Waals surface area contributed by atoms with Gasteiger partial charge >= 0.3 is 0 Å². The number of hydrogen-bond acceptors (Lipinski definition) is 5. The minimum absolute atomic E-state index is 0.0390. The van der Waals surface area contributed by atoms with Crippen LogP contribution in [-0.2, 0) is 11.3 Å². The Hall–Kier alpha value is -2.80. The lowest BCUT2D eigenvalue weighted by Gasteiger charge is -2.47. The fourth-order valence-corrected chi connectivity index (χ4v) is 6.06. The first-order chi connectivity index (χ1) is 15.0. The standard InChI is InChI=1S/C24H29N5O2/c1-27-11-8-24(22(27)31)18-28(16-19-4-2-9-25-14-19)17-23(24)6-12-29(13-7-23)21(30)20-5-3-10-26-15-20/h2-5,9-10,14-15H,6-8,11-13,16-18H2,1H3. The van der Waals surface area contributed by atoms with Crippen molar-refractivity contribution in [2.45, 2.75) is 25.8 Å². The van der Waals surface area contributed by atoms with Gasteiger partial charge in [0, 0.05) is 76.5 Å². The van der Waals surface area contributed by atoms with Crippen LogP contribution in [0.25, 0.3) is 0 Å². The first-order valence-electron chi connectivity index (χ1n) is 11.1. The summed E-state index contributed by atoms with van der Waals surface area (Å²) in [5, 5.41) is 0. The monoisotopic (exact) mass is 419 g/mol. The van der Waals surface area contributed by atoms with Crippen LogP contribution in [0, 0.1) is 10.8 Å². The molecule has 0 radical (unpaired) electrons. The van der Waals surface area contributed by atoms with Crippen LogP contribution in [0.3, 0.4) is 0 Å². The van der Waals surface area contributed by atoms with E-state index < -0.39 is 0 Å². The van der Waals surface area contributed by atoms with E-state index in [1.807, 2.05) is 35.2 Å². The van der Waals surface area contributed by atoms with Crippen molar-refractivity contribution in [1.82, 2.24) is 24.7 Å². The molecule has 0 saturated carbocycles. The topological polar surface area (TPSA) is 69.6 Å². The predicted octanol–water partition coefficient (Wildman–Crippen LogP) is 2.06. The van der Waals surface area contributed by atoms with Crippen molar-refractivity contribution in [1.29, 1.82) is 0 Å². The molecule has 7 heteroatoms. The molecule has 5 heterocycles. The van der Waals surface area contributed by atoms with Gasteiger partial charge in [0.25, 0.3) is 5.91 Å². The van der Waals surface area contributed by atoms with E-state index in [2.05, 4.69) is 20.9 Å². The minimum atomic E-state index is -0.340. The molecule has 1 unspecified atom stereocenters. The van der Waals surface area contributed by atoms with E-state index in [4.69, 9.17) is 0 Å². The number of rotatable bonds is 3. The van der Waals surface area contributed by atoms with E-state index in [9.17, 15) is 9.59 Å². The third-order valence-corrected chi connectivity index (χ3v) is 7.71. The molecule has 2 aromatic rings. The van der Waals surface area contributed by atoms with E-state index in [0.717, 1.165) is 45.4 Å². The molecule has 0 aromatic carbocycles. The molecule has 7 nitrogen and oxygen atoms in total. The molecule has 3 fully saturated rings. The lowest BCUT2D eigenvalue weighted by Crippen LogP contribution is -2.53. The molecule has 0 N–H and O–H groups in total. The summed E-state index contributed by atoms with van der Waals surface area (Å²) in [6, 6.07) is 7.69. The number of carbonyl (C=O) groups is 2. The Bertz CT molecular complexity index is 958. The Balaban J connectivity index is 1.37. The van der Waals surface area contributed by atoms with Gasteiger partial charge in [0.1, 0.15) is 0 Å². The van der Waals surface area contributed by atoms with Crippen LogP contribution >= 0.6 is 0 Å². The molecule has 0 aliphatic carbocycles. The number of likely N-dealkylation sites (tertiary alicyclic amines) is 3.